The predicted octanol–water partition coefficient (Wildman–Crippen LogP) is 3.56. The van der Waals surface area contributed by atoms with E-state index in [9.17, 15) is 4.79 Å². The first kappa shape index (κ1) is 15.8. The van der Waals surface area contributed by atoms with Crippen LogP contribution < -0.4 is 16.4 Å². The number of thiophene rings is 2. The third kappa shape index (κ3) is 2.86. The van der Waals surface area contributed by atoms with E-state index in [0.717, 1.165) is 24.5 Å². The smallest absolute Gasteiger partial charge is 0.226 e. The summed E-state index contributed by atoms with van der Waals surface area (Å²) < 4.78 is 1.28. The Kier molecular flexibility index (Phi) is 4.37. The summed E-state index contributed by atoms with van der Waals surface area (Å²) in [5.74, 6) is -0.00795. The van der Waals surface area contributed by atoms with Crippen LogP contribution in [-0.2, 0) is 17.8 Å². The molecule has 1 aliphatic rings. The Labute approximate surface area is 148 Å². The van der Waals surface area contributed by atoms with Gasteiger partial charge in [-0.15, -0.1) is 22.7 Å². The van der Waals surface area contributed by atoms with Gasteiger partial charge in [-0.25, -0.2) is 0 Å². The van der Waals surface area contributed by atoms with Gasteiger partial charge in [-0.2, -0.15) is 0 Å². The number of rotatable bonds is 4. The van der Waals surface area contributed by atoms with Gasteiger partial charge in [-0.3, -0.25) is 4.79 Å². The van der Waals surface area contributed by atoms with E-state index in [1.807, 2.05) is 0 Å². The van der Waals surface area contributed by atoms with Crippen LogP contribution in [-0.4, -0.2) is 19.0 Å². The third-order valence-corrected chi connectivity index (χ3v) is 6.51. The number of hydrogen-bond acceptors (Lipinski definition) is 5. The van der Waals surface area contributed by atoms with Crippen LogP contribution >= 0.6 is 22.7 Å². The van der Waals surface area contributed by atoms with Crippen LogP contribution in [0, 0.1) is 0 Å². The molecule has 0 atom stereocenters. The largest absolute Gasteiger partial charge is 0.330 e. The second kappa shape index (κ2) is 6.64. The maximum atomic E-state index is 12.1. The molecule has 0 saturated carbocycles. The maximum Gasteiger partial charge on any atom is 0.226 e. The first-order valence-corrected chi connectivity index (χ1v) is 9.73. The van der Waals surface area contributed by atoms with E-state index in [1.54, 1.807) is 22.7 Å². The maximum absolute atomic E-state index is 12.1. The summed E-state index contributed by atoms with van der Waals surface area (Å²) in [6, 6.07) is 10.7. The van der Waals surface area contributed by atoms with Crippen LogP contribution in [0.5, 0.6) is 0 Å². The van der Waals surface area contributed by atoms with E-state index in [2.05, 4.69) is 41.0 Å². The number of benzene rings is 1. The second-order valence-electron chi connectivity index (χ2n) is 5.87. The molecule has 0 saturated heterocycles. The van der Waals surface area contributed by atoms with Gasteiger partial charge in [0, 0.05) is 39.5 Å². The lowest BCUT2D eigenvalue weighted by atomic mass is 10.0. The summed E-state index contributed by atoms with van der Waals surface area (Å²) in [5.41, 5.74) is 8.11. The van der Waals surface area contributed by atoms with Crippen molar-refractivity contribution in [2.24, 2.45) is 5.73 Å². The van der Waals surface area contributed by atoms with Crippen molar-refractivity contribution < 1.29 is 4.79 Å². The first-order chi connectivity index (χ1) is 11.8. The molecule has 0 spiro atoms. The van der Waals surface area contributed by atoms with Gasteiger partial charge in [0.1, 0.15) is 5.00 Å². The molecule has 1 amide bonds. The monoisotopic (exact) mass is 357 g/mol. The summed E-state index contributed by atoms with van der Waals surface area (Å²) in [6.07, 6.45) is 1.36. The molecule has 1 aliphatic heterocycles. The molecule has 1 aromatic carbocycles. The van der Waals surface area contributed by atoms with Gasteiger partial charge in [0.05, 0.1) is 0 Å². The van der Waals surface area contributed by atoms with Crippen molar-refractivity contribution in [1.29, 1.82) is 0 Å². The number of carbonyl (C=O) groups is 1. The molecule has 124 valence electrons. The number of anilines is 1. The minimum Gasteiger partial charge on any atom is -0.330 e. The zero-order valence-electron chi connectivity index (χ0n) is 13.2. The van der Waals surface area contributed by atoms with Gasteiger partial charge < -0.3 is 16.4 Å². The fourth-order valence-electron chi connectivity index (χ4n) is 3.11. The highest BCUT2D eigenvalue weighted by molar-refractivity contribution is 7.23. The molecule has 0 bridgehead atoms. The zero-order chi connectivity index (χ0) is 16.5. The molecule has 24 heavy (non-hydrogen) atoms. The van der Waals surface area contributed by atoms with Crippen molar-refractivity contribution in [2.75, 3.05) is 18.4 Å². The van der Waals surface area contributed by atoms with E-state index in [0.29, 0.717) is 13.0 Å². The predicted molar refractivity (Wildman–Crippen MR) is 103 cm³/mol. The molecule has 0 radical (unpaired) electrons. The van der Waals surface area contributed by atoms with Gasteiger partial charge in [0.25, 0.3) is 0 Å². The Morgan fingerprint density at radius 1 is 1.29 bits per heavy atom. The van der Waals surface area contributed by atoms with Crippen molar-refractivity contribution in [3.8, 4) is 10.4 Å². The standard InChI is InChI=1S/C18H19N3OS2/c19-7-5-16(22)21-18-17(12-6-8-20-10-15(12)24-18)14-9-11-3-1-2-4-13(11)23-14/h1-4,9,20H,5-8,10,19H2,(H,21,22). The van der Waals surface area contributed by atoms with Crippen molar-refractivity contribution >= 4 is 43.7 Å². The van der Waals surface area contributed by atoms with Crippen molar-refractivity contribution in [3.05, 3.63) is 40.8 Å². The van der Waals surface area contributed by atoms with Crippen LogP contribution in [0.25, 0.3) is 20.5 Å². The normalized spacial score (nSPS) is 13.9. The lowest BCUT2D eigenvalue weighted by molar-refractivity contribution is -0.116. The van der Waals surface area contributed by atoms with Gasteiger partial charge >= 0.3 is 0 Å². The molecule has 0 unspecified atom stereocenters. The number of nitrogens with one attached hydrogen (secondary N) is 2. The molecule has 4 rings (SSSR count). The molecule has 0 fully saturated rings. The molecule has 4 N–H and O–H groups in total. The number of nitrogens with two attached hydrogens (primary N) is 1. The summed E-state index contributed by atoms with van der Waals surface area (Å²) in [6.45, 7) is 2.24. The third-order valence-electron chi connectivity index (χ3n) is 4.22. The molecule has 3 heterocycles. The lowest BCUT2D eigenvalue weighted by Gasteiger charge is -2.13. The van der Waals surface area contributed by atoms with E-state index < -0.39 is 0 Å². The van der Waals surface area contributed by atoms with Crippen molar-refractivity contribution in [1.82, 2.24) is 5.32 Å². The van der Waals surface area contributed by atoms with Crippen LogP contribution in [0.1, 0.15) is 16.9 Å². The minimum absolute atomic E-state index is 0.00795. The number of amides is 1. The average Bonchev–Trinajstić information content (AvgIpc) is 3.14. The molecular weight excluding hydrogens is 338 g/mol. The molecule has 0 aliphatic carbocycles. The van der Waals surface area contributed by atoms with Gasteiger partial charge in [0.15, 0.2) is 0 Å². The lowest BCUT2D eigenvalue weighted by Crippen LogP contribution is -2.22. The average molecular weight is 358 g/mol. The molecular formula is C18H19N3OS2. The van der Waals surface area contributed by atoms with Gasteiger partial charge in [-0.05, 0) is 36.0 Å². The Balaban J connectivity index is 1.82. The van der Waals surface area contributed by atoms with E-state index in [-0.39, 0.29) is 5.91 Å². The molecule has 3 aromatic rings. The fraction of sp³-hybridized carbons (Fsp3) is 0.278. The SMILES string of the molecule is NCCC(=O)Nc1sc2c(c1-c1cc3ccccc3s1)CCNC2. The van der Waals surface area contributed by atoms with Crippen LogP contribution in [0.15, 0.2) is 30.3 Å². The van der Waals surface area contributed by atoms with Crippen LogP contribution in [0.4, 0.5) is 5.00 Å². The first-order valence-electron chi connectivity index (χ1n) is 8.10. The molecule has 4 nitrogen and oxygen atoms in total. The van der Waals surface area contributed by atoms with E-state index in [4.69, 9.17) is 5.73 Å². The second-order valence-corrected chi connectivity index (χ2v) is 8.06. The molecule has 2 aromatic heterocycles. The van der Waals surface area contributed by atoms with E-state index >= 15 is 0 Å². The fourth-order valence-corrected chi connectivity index (χ4v) is 5.56. The number of carbonyl (C=O) groups excluding carboxylic acids is 1. The Morgan fingerprint density at radius 2 is 2.17 bits per heavy atom. The topological polar surface area (TPSA) is 67.2 Å². The highest BCUT2D eigenvalue weighted by Crippen LogP contribution is 2.46. The highest BCUT2D eigenvalue weighted by atomic mass is 32.1. The Morgan fingerprint density at radius 3 is 3.00 bits per heavy atom. The summed E-state index contributed by atoms with van der Waals surface area (Å²) in [7, 11) is 0. The summed E-state index contributed by atoms with van der Waals surface area (Å²) in [4.78, 5) is 14.6. The van der Waals surface area contributed by atoms with Gasteiger partial charge in [0.2, 0.25) is 5.91 Å². The Bertz CT molecular complexity index is 864. The number of fused-ring (bicyclic) bond motifs is 2. The summed E-state index contributed by atoms with van der Waals surface area (Å²) >= 11 is 3.48. The highest BCUT2D eigenvalue weighted by Gasteiger charge is 2.23. The summed E-state index contributed by atoms with van der Waals surface area (Å²) in [5, 5.41) is 8.73. The van der Waals surface area contributed by atoms with Crippen LogP contribution in [0.3, 0.4) is 0 Å². The van der Waals surface area contributed by atoms with Crippen molar-refractivity contribution in [3.63, 3.8) is 0 Å². The van der Waals surface area contributed by atoms with Gasteiger partial charge in [-0.1, -0.05) is 18.2 Å². The van der Waals surface area contributed by atoms with E-state index in [1.165, 1.54) is 31.0 Å². The number of hydrogen-bond donors (Lipinski definition) is 3. The van der Waals surface area contributed by atoms with Crippen LogP contribution in [0.2, 0.25) is 0 Å². The van der Waals surface area contributed by atoms with Crippen molar-refractivity contribution in [2.45, 2.75) is 19.4 Å². The quantitative estimate of drug-likeness (QED) is 0.669. The minimum atomic E-state index is -0.00795. The molecule has 6 heteroatoms. The Hall–Kier alpha value is -1.73. The zero-order valence-corrected chi connectivity index (χ0v) is 14.9.